The molecule has 2 aromatic rings. The zero-order valence-corrected chi connectivity index (χ0v) is 16.1. The number of carbonyl (C=O) groups excluding carboxylic acids is 1. The van der Waals surface area contributed by atoms with E-state index in [0.717, 1.165) is 43.1 Å². The van der Waals surface area contributed by atoms with Crippen molar-refractivity contribution in [2.75, 3.05) is 23.3 Å². The first-order valence-electron chi connectivity index (χ1n) is 9.32. The van der Waals surface area contributed by atoms with Gasteiger partial charge in [0.25, 0.3) is 5.91 Å². The second-order valence-corrected chi connectivity index (χ2v) is 8.19. The molecule has 5 heteroatoms. The zero-order valence-electron chi connectivity index (χ0n) is 16.1. The molecule has 0 bridgehead atoms. The van der Waals surface area contributed by atoms with Crippen LogP contribution in [0.4, 0.5) is 11.6 Å². The minimum atomic E-state index is -0.180. The maximum atomic E-state index is 12.6. The molecule has 138 valence electrons. The van der Waals surface area contributed by atoms with Gasteiger partial charge in [0, 0.05) is 31.2 Å². The molecule has 1 saturated heterocycles. The van der Waals surface area contributed by atoms with Crippen LogP contribution in [-0.2, 0) is 5.41 Å². The van der Waals surface area contributed by atoms with Crippen LogP contribution in [0.15, 0.2) is 36.7 Å². The van der Waals surface area contributed by atoms with Crippen molar-refractivity contribution < 1.29 is 4.79 Å². The first kappa shape index (κ1) is 18.4. The summed E-state index contributed by atoms with van der Waals surface area (Å²) in [5.74, 6) is 1.29. The highest BCUT2D eigenvalue weighted by Crippen LogP contribution is 2.29. The maximum absolute atomic E-state index is 12.6. The average molecular weight is 352 g/mol. The van der Waals surface area contributed by atoms with E-state index in [0.29, 0.717) is 11.5 Å². The molecule has 0 aliphatic carbocycles. The van der Waals surface area contributed by atoms with E-state index in [2.05, 4.69) is 47.9 Å². The largest absolute Gasteiger partial charge is 0.341 e. The minimum Gasteiger partial charge on any atom is -0.341 e. The van der Waals surface area contributed by atoms with Crippen molar-refractivity contribution in [1.29, 1.82) is 0 Å². The number of hydrogen-bond donors (Lipinski definition) is 1. The van der Waals surface area contributed by atoms with E-state index < -0.39 is 0 Å². The van der Waals surface area contributed by atoms with E-state index in [-0.39, 0.29) is 11.3 Å². The Morgan fingerprint density at radius 1 is 1.12 bits per heavy atom. The fourth-order valence-corrected chi connectivity index (χ4v) is 3.25. The number of hydrogen-bond acceptors (Lipinski definition) is 4. The maximum Gasteiger partial charge on any atom is 0.258 e. The van der Waals surface area contributed by atoms with Gasteiger partial charge in [-0.05, 0) is 35.8 Å². The Bertz CT molecular complexity index is 756. The van der Waals surface area contributed by atoms with Gasteiger partial charge in [0.15, 0.2) is 0 Å². The second kappa shape index (κ2) is 7.44. The number of benzene rings is 1. The van der Waals surface area contributed by atoms with E-state index in [1.54, 1.807) is 12.4 Å². The van der Waals surface area contributed by atoms with Gasteiger partial charge in [-0.25, -0.2) is 9.97 Å². The van der Waals surface area contributed by atoms with Crippen molar-refractivity contribution in [1.82, 2.24) is 9.97 Å². The Kier molecular flexibility index (Phi) is 5.25. The van der Waals surface area contributed by atoms with E-state index in [9.17, 15) is 4.79 Å². The van der Waals surface area contributed by atoms with Crippen molar-refractivity contribution in [2.45, 2.75) is 46.0 Å². The summed E-state index contributed by atoms with van der Waals surface area (Å²) < 4.78 is 0. The summed E-state index contributed by atoms with van der Waals surface area (Å²) in [6, 6.07) is 7.91. The third-order valence-corrected chi connectivity index (χ3v) is 4.95. The van der Waals surface area contributed by atoms with Crippen molar-refractivity contribution in [2.24, 2.45) is 5.92 Å². The van der Waals surface area contributed by atoms with E-state index >= 15 is 0 Å². The molecule has 3 rings (SSSR count). The summed E-state index contributed by atoms with van der Waals surface area (Å²) in [6.45, 7) is 10.6. The SMILES string of the molecule is CC1CCN(c2ncc(C(=O)Nc3ccccc3C(C)(C)C)cn2)CC1. The zero-order chi connectivity index (χ0) is 18.7. The number of anilines is 2. The standard InChI is InChI=1S/C21H28N4O/c1-15-9-11-25(12-10-15)20-22-13-16(14-23-20)19(26)24-18-8-6-5-7-17(18)21(2,3)4/h5-8,13-15H,9-12H2,1-4H3,(H,24,26). The van der Waals surface area contributed by atoms with Gasteiger partial charge in [-0.3, -0.25) is 4.79 Å². The molecule has 2 heterocycles. The first-order valence-corrected chi connectivity index (χ1v) is 9.32. The van der Waals surface area contributed by atoms with Gasteiger partial charge >= 0.3 is 0 Å². The Labute approximate surface area is 155 Å². The molecule has 0 unspecified atom stereocenters. The molecule has 1 aliphatic rings. The summed E-state index contributed by atoms with van der Waals surface area (Å²) in [4.78, 5) is 23.6. The average Bonchev–Trinajstić information content (AvgIpc) is 2.62. The Morgan fingerprint density at radius 2 is 1.73 bits per heavy atom. The summed E-state index contributed by atoms with van der Waals surface area (Å²) >= 11 is 0. The van der Waals surface area contributed by atoms with Crippen LogP contribution in [0, 0.1) is 5.92 Å². The third kappa shape index (κ3) is 4.21. The highest BCUT2D eigenvalue weighted by Gasteiger charge is 2.20. The Balaban J connectivity index is 1.71. The fraction of sp³-hybridized carbons (Fsp3) is 0.476. The second-order valence-electron chi connectivity index (χ2n) is 8.19. The molecular formula is C21H28N4O. The fourth-order valence-electron chi connectivity index (χ4n) is 3.25. The van der Waals surface area contributed by atoms with Crippen LogP contribution in [-0.4, -0.2) is 29.0 Å². The van der Waals surface area contributed by atoms with Crippen molar-refractivity contribution in [3.05, 3.63) is 47.8 Å². The summed E-state index contributed by atoms with van der Waals surface area (Å²) in [5, 5.41) is 3.01. The number of carbonyl (C=O) groups is 1. The highest BCUT2D eigenvalue weighted by molar-refractivity contribution is 6.04. The number of rotatable bonds is 3. The van der Waals surface area contributed by atoms with Gasteiger partial charge in [-0.2, -0.15) is 0 Å². The highest BCUT2D eigenvalue weighted by atomic mass is 16.1. The van der Waals surface area contributed by atoms with E-state index in [4.69, 9.17) is 0 Å². The molecule has 0 radical (unpaired) electrons. The molecule has 1 fully saturated rings. The van der Waals surface area contributed by atoms with Crippen LogP contribution < -0.4 is 10.2 Å². The molecule has 1 aromatic carbocycles. The summed E-state index contributed by atoms with van der Waals surface area (Å²) in [7, 11) is 0. The van der Waals surface area contributed by atoms with Gasteiger partial charge in [-0.15, -0.1) is 0 Å². The quantitative estimate of drug-likeness (QED) is 0.896. The van der Waals surface area contributed by atoms with Crippen LogP contribution in [0.25, 0.3) is 0 Å². The van der Waals surface area contributed by atoms with Crippen LogP contribution in [0.2, 0.25) is 0 Å². The Hall–Kier alpha value is -2.43. The molecule has 0 saturated carbocycles. The van der Waals surface area contributed by atoms with Crippen molar-refractivity contribution in [3.8, 4) is 0 Å². The van der Waals surface area contributed by atoms with Gasteiger partial charge in [0.2, 0.25) is 5.95 Å². The van der Waals surface area contributed by atoms with Crippen LogP contribution >= 0.6 is 0 Å². The molecule has 0 spiro atoms. The number of nitrogens with one attached hydrogen (secondary N) is 1. The lowest BCUT2D eigenvalue weighted by Gasteiger charge is -2.30. The van der Waals surface area contributed by atoms with Crippen LogP contribution in [0.3, 0.4) is 0 Å². The first-order chi connectivity index (χ1) is 12.3. The van der Waals surface area contributed by atoms with Gasteiger partial charge in [0.1, 0.15) is 0 Å². The molecule has 1 aliphatic heterocycles. The number of piperidine rings is 1. The van der Waals surface area contributed by atoms with Crippen molar-refractivity contribution >= 4 is 17.5 Å². The molecule has 1 N–H and O–H groups in total. The van der Waals surface area contributed by atoms with Gasteiger partial charge < -0.3 is 10.2 Å². The predicted molar refractivity (Wildman–Crippen MR) is 106 cm³/mol. The van der Waals surface area contributed by atoms with Crippen molar-refractivity contribution in [3.63, 3.8) is 0 Å². The summed E-state index contributed by atoms with van der Waals surface area (Å²) in [5.41, 5.74) is 2.37. The number of nitrogens with zero attached hydrogens (tertiary/aromatic N) is 3. The van der Waals surface area contributed by atoms with E-state index in [1.807, 2.05) is 24.3 Å². The number of amides is 1. The van der Waals surface area contributed by atoms with Gasteiger partial charge in [0.05, 0.1) is 5.56 Å². The molecular weight excluding hydrogens is 324 g/mol. The predicted octanol–water partition coefficient (Wildman–Crippen LogP) is 4.26. The summed E-state index contributed by atoms with van der Waals surface area (Å²) in [6.07, 6.45) is 5.56. The van der Waals surface area contributed by atoms with Crippen LogP contribution in [0.1, 0.15) is 56.5 Å². The lowest BCUT2D eigenvalue weighted by atomic mass is 9.86. The minimum absolute atomic E-state index is 0.0460. The third-order valence-electron chi connectivity index (χ3n) is 4.95. The lowest BCUT2D eigenvalue weighted by Crippen LogP contribution is -2.34. The topological polar surface area (TPSA) is 58.1 Å². The molecule has 5 nitrogen and oxygen atoms in total. The molecule has 0 atom stereocenters. The molecule has 1 aromatic heterocycles. The molecule has 26 heavy (non-hydrogen) atoms. The van der Waals surface area contributed by atoms with Crippen LogP contribution in [0.5, 0.6) is 0 Å². The number of para-hydroxylation sites is 1. The smallest absolute Gasteiger partial charge is 0.258 e. The van der Waals surface area contributed by atoms with E-state index in [1.165, 1.54) is 0 Å². The normalized spacial score (nSPS) is 15.8. The molecule has 1 amide bonds. The van der Waals surface area contributed by atoms with Gasteiger partial charge in [-0.1, -0.05) is 45.9 Å². The Morgan fingerprint density at radius 3 is 2.35 bits per heavy atom. The number of aromatic nitrogens is 2. The monoisotopic (exact) mass is 352 g/mol. The lowest BCUT2D eigenvalue weighted by molar-refractivity contribution is 0.102.